The van der Waals surface area contributed by atoms with Gasteiger partial charge in [0.1, 0.15) is 0 Å². The molecule has 6 N–H and O–H groups in total. The van der Waals surface area contributed by atoms with Crippen molar-refractivity contribution in [3.8, 4) is 23.0 Å². The summed E-state index contributed by atoms with van der Waals surface area (Å²) >= 11 is 0. The van der Waals surface area contributed by atoms with E-state index in [1.807, 2.05) is 13.8 Å². The number of carboxylic acid groups (broad SMARTS) is 2. The normalized spacial score (nSPS) is 10.2. The van der Waals surface area contributed by atoms with Gasteiger partial charge in [0.05, 0.1) is 12.8 Å². The first-order chi connectivity index (χ1) is 18.0. The molecule has 0 aliphatic carbocycles. The molecule has 0 saturated carbocycles. The first-order valence-electron chi connectivity index (χ1n) is 11.2. The van der Waals surface area contributed by atoms with Gasteiger partial charge >= 0.3 is 34.3 Å². The van der Waals surface area contributed by atoms with Crippen molar-refractivity contribution in [1.82, 2.24) is 0 Å². The van der Waals surface area contributed by atoms with Crippen LogP contribution in [0.25, 0.3) is 0 Å². The number of carbonyl (C=O) groups is 4. The predicted molar refractivity (Wildman–Crippen MR) is 134 cm³/mol. The summed E-state index contributed by atoms with van der Waals surface area (Å²) in [5.74, 6) is -3.21. The number of carboxylic acids is 2. The predicted octanol–water partition coefficient (Wildman–Crippen LogP) is 2.80. The standard InChI is InChI=1S/C16H20O6.C8H8O4.H2O4S/c1-3-5-15(19)21-12-8-7-11(10-14(17)18)9-13(12)22-16(20)6-4-2;9-6-2-1-5(3-7(6)10)4-8(11)12;1-5(2,3)4/h7-9H,3-6,10H2,1-2H3,(H,17,18);1-3,9-10H,4H2,(H,11,12);(H2,1,2,3,4). The topological polar surface area (TPSA) is 242 Å². The Bertz CT molecular complexity index is 1230. The smallest absolute Gasteiger partial charge is 0.394 e. The Labute approximate surface area is 224 Å². The number of esters is 2. The van der Waals surface area contributed by atoms with Crippen LogP contribution in [-0.2, 0) is 42.4 Å². The van der Waals surface area contributed by atoms with Gasteiger partial charge in [-0.3, -0.25) is 28.3 Å². The highest BCUT2D eigenvalue weighted by Gasteiger charge is 2.15. The van der Waals surface area contributed by atoms with E-state index >= 15 is 0 Å². The second-order valence-corrected chi connectivity index (χ2v) is 8.54. The van der Waals surface area contributed by atoms with Crippen molar-refractivity contribution in [3.05, 3.63) is 47.5 Å². The Balaban J connectivity index is 0.000000705. The van der Waals surface area contributed by atoms with Gasteiger partial charge in [0.25, 0.3) is 0 Å². The van der Waals surface area contributed by atoms with Gasteiger partial charge in [-0.1, -0.05) is 26.0 Å². The van der Waals surface area contributed by atoms with Crippen LogP contribution in [0.2, 0.25) is 0 Å². The number of carbonyl (C=O) groups excluding carboxylic acids is 2. The second-order valence-electron chi connectivity index (χ2n) is 7.64. The zero-order valence-electron chi connectivity index (χ0n) is 21.1. The van der Waals surface area contributed by atoms with E-state index in [1.165, 1.54) is 36.4 Å². The fourth-order valence-corrected chi connectivity index (χ4v) is 2.61. The van der Waals surface area contributed by atoms with Crippen LogP contribution < -0.4 is 9.47 Å². The Morgan fingerprint density at radius 2 is 1.10 bits per heavy atom. The highest BCUT2D eigenvalue weighted by atomic mass is 32.3. The van der Waals surface area contributed by atoms with Crippen LogP contribution in [0, 0.1) is 0 Å². The lowest BCUT2D eigenvalue weighted by atomic mass is 10.1. The lowest BCUT2D eigenvalue weighted by Gasteiger charge is -2.11. The molecule has 39 heavy (non-hydrogen) atoms. The first kappa shape index (κ1) is 34.8. The van der Waals surface area contributed by atoms with Gasteiger partial charge in [0, 0.05) is 12.8 Å². The number of phenolic OH excluding ortho intramolecular Hbond substituents is 2. The average Bonchev–Trinajstić information content (AvgIpc) is 2.77. The van der Waals surface area contributed by atoms with Crippen molar-refractivity contribution in [3.63, 3.8) is 0 Å². The molecule has 0 aromatic heterocycles. The number of rotatable bonds is 10. The van der Waals surface area contributed by atoms with E-state index in [9.17, 15) is 19.2 Å². The summed E-state index contributed by atoms with van der Waals surface area (Å²) in [6.45, 7) is 3.68. The first-order valence-corrected chi connectivity index (χ1v) is 12.6. The molecule has 2 aromatic rings. The third-order valence-electron chi connectivity index (χ3n) is 4.11. The number of hydrogen-bond acceptors (Lipinski definition) is 10. The van der Waals surface area contributed by atoms with E-state index in [0.717, 1.165) is 0 Å². The van der Waals surface area contributed by atoms with Crippen molar-refractivity contribution in [2.75, 3.05) is 0 Å². The Morgan fingerprint density at radius 3 is 1.51 bits per heavy atom. The lowest BCUT2D eigenvalue weighted by Crippen LogP contribution is -2.12. The molecule has 216 valence electrons. The SMILES string of the molecule is CCCC(=O)Oc1ccc(CC(=O)O)cc1OC(=O)CCC.O=C(O)Cc1ccc(O)c(O)c1.O=S(=O)(O)O. The van der Waals surface area contributed by atoms with E-state index in [1.54, 1.807) is 0 Å². The fourth-order valence-electron chi connectivity index (χ4n) is 2.61. The van der Waals surface area contributed by atoms with Crippen molar-refractivity contribution in [1.29, 1.82) is 0 Å². The van der Waals surface area contributed by atoms with Crippen LogP contribution in [0.1, 0.15) is 50.7 Å². The molecule has 14 nitrogen and oxygen atoms in total. The van der Waals surface area contributed by atoms with Gasteiger partial charge in [-0.25, -0.2) is 0 Å². The molecule has 0 amide bonds. The van der Waals surface area contributed by atoms with E-state index in [0.29, 0.717) is 24.0 Å². The quantitative estimate of drug-likeness (QED) is 0.103. The largest absolute Gasteiger partial charge is 0.504 e. The molecule has 0 aliphatic rings. The molecule has 0 atom stereocenters. The summed E-state index contributed by atoms with van der Waals surface area (Å²) in [5, 5.41) is 35.0. The number of benzene rings is 2. The van der Waals surface area contributed by atoms with Crippen LogP contribution in [0.4, 0.5) is 0 Å². The molecule has 0 heterocycles. The summed E-state index contributed by atoms with van der Waals surface area (Å²) in [7, 11) is -4.67. The highest BCUT2D eigenvalue weighted by Crippen LogP contribution is 2.30. The molecule has 0 saturated heterocycles. The minimum absolute atomic E-state index is 0.0710. The maximum atomic E-state index is 11.6. The van der Waals surface area contributed by atoms with Gasteiger partial charge < -0.3 is 29.9 Å². The van der Waals surface area contributed by atoms with Gasteiger partial charge in [-0.05, 0) is 48.2 Å². The Hall–Kier alpha value is -4.21. The zero-order valence-corrected chi connectivity index (χ0v) is 21.9. The summed E-state index contributed by atoms with van der Waals surface area (Å²) in [6, 6.07) is 8.32. The van der Waals surface area contributed by atoms with Gasteiger partial charge in [0.2, 0.25) is 0 Å². The molecule has 0 bridgehead atoms. The second kappa shape index (κ2) is 17.3. The van der Waals surface area contributed by atoms with E-state index < -0.39 is 34.3 Å². The maximum absolute atomic E-state index is 11.6. The highest BCUT2D eigenvalue weighted by molar-refractivity contribution is 7.79. The van der Waals surface area contributed by atoms with Crippen LogP contribution in [0.5, 0.6) is 23.0 Å². The molecular weight excluding hydrogens is 544 g/mol. The van der Waals surface area contributed by atoms with Gasteiger partial charge in [0.15, 0.2) is 23.0 Å². The fraction of sp³-hybridized carbons (Fsp3) is 0.333. The Morgan fingerprint density at radius 1 is 0.692 bits per heavy atom. The van der Waals surface area contributed by atoms with Crippen LogP contribution >= 0.6 is 0 Å². The molecule has 0 unspecified atom stereocenters. The van der Waals surface area contributed by atoms with E-state index in [4.69, 9.17) is 47.4 Å². The monoisotopic (exact) mass is 574 g/mol. The van der Waals surface area contributed by atoms with Gasteiger partial charge in [-0.15, -0.1) is 0 Å². The summed E-state index contributed by atoms with van der Waals surface area (Å²) in [5.41, 5.74) is 0.917. The molecule has 0 spiro atoms. The minimum atomic E-state index is -4.67. The molecule has 0 fully saturated rings. The summed E-state index contributed by atoms with van der Waals surface area (Å²) in [4.78, 5) is 44.2. The number of phenols is 2. The van der Waals surface area contributed by atoms with Crippen molar-refractivity contribution in [2.45, 2.75) is 52.4 Å². The minimum Gasteiger partial charge on any atom is -0.504 e. The third-order valence-corrected chi connectivity index (χ3v) is 4.11. The maximum Gasteiger partial charge on any atom is 0.394 e. The lowest BCUT2D eigenvalue weighted by molar-refractivity contribution is -0.137. The van der Waals surface area contributed by atoms with Crippen molar-refractivity contribution >= 4 is 34.3 Å². The molecule has 2 rings (SSSR count). The molecular formula is C24H30O14S. The number of aliphatic carboxylic acids is 2. The van der Waals surface area contributed by atoms with E-state index in [-0.39, 0.29) is 48.7 Å². The molecule has 2 aromatic carbocycles. The van der Waals surface area contributed by atoms with Crippen molar-refractivity contribution in [2.24, 2.45) is 0 Å². The van der Waals surface area contributed by atoms with Crippen LogP contribution in [-0.4, -0.2) is 61.8 Å². The van der Waals surface area contributed by atoms with E-state index in [2.05, 4.69) is 0 Å². The summed E-state index contributed by atoms with van der Waals surface area (Å²) < 4.78 is 41.9. The van der Waals surface area contributed by atoms with Crippen molar-refractivity contribution < 1.29 is 66.6 Å². The summed E-state index contributed by atoms with van der Waals surface area (Å²) in [6.07, 6.45) is 1.37. The molecule has 0 radical (unpaired) electrons. The molecule has 15 heteroatoms. The van der Waals surface area contributed by atoms with Crippen LogP contribution in [0.3, 0.4) is 0 Å². The average molecular weight is 575 g/mol. The third kappa shape index (κ3) is 17.8. The number of ether oxygens (including phenoxy) is 2. The number of aromatic hydroxyl groups is 2. The van der Waals surface area contributed by atoms with Crippen LogP contribution in [0.15, 0.2) is 36.4 Å². The zero-order chi connectivity index (χ0) is 30.2. The van der Waals surface area contributed by atoms with Gasteiger partial charge in [-0.2, -0.15) is 8.42 Å². The number of hydrogen-bond donors (Lipinski definition) is 6. The molecule has 0 aliphatic heterocycles. The Kier molecular flexibility index (Phi) is 15.5.